The molecule has 0 atom stereocenters. The number of carbonyl (C=O) groups is 1. The fourth-order valence-corrected chi connectivity index (χ4v) is 2.44. The van der Waals surface area contributed by atoms with E-state index in [1.54, 1.807) is 0 Å². The number of rotatable bonds is 3. The van der Waals surface area contributed by atoms with Gasteiger partial charge in [-0.1, -0.05) is 0 Å². The molecule has 8 heteroatoms. The molecule has 1 saturated heterocycles. The molecular weight excluding hydrogens is 351 g/mol. The monoisotopic (exact) mass is 365 g/mol. The van der Waals surface area contributed by atoms with Gasteiger partial charge in [-0.15, -0.1) is 0 Å². The Morgan fingerprint density at radius 1 is 1.48 bits per heavy atom. The standard InChI is InChI=1S/C13H15BrF3N3O/c1-7(2)19-12(21)8-5-20(6-8)11-10(13(15,16)17)3-9(14)4-18-11/h3-4,7-8H,5-6H2,1-2H3,(H,19,21). The number of aromatic nitrogens is 1. The van der Waals surface area contributed by atoms with Crippen molar-refractivity contribution in [1.29, 1.82) is 0 Å². The van der Waals surface area contributed by atoms with E-state index in [1.807, 2.05) is 13.8 Å². The van der Waals surface area contributed by atoms with E-state index < -0.39 is 11.7 Å². The molecular formula is C13H15BrF3N3O. The normalized spacial score (nSPS) is 16.0. The Kier molecular flexibility index (Phi) is 4.46. The average molecular weight is 366 g/mol. The van der Waals surface area contributed by atoms with Crippen molar-refractivity contribution >= 4 is 27.7 Å². The van der Waals surface area contributed by atoms with Gasteiger partial charge in [0.1, 0.15) is 5.82 Å². The number of nitrogens with one attached hydrogen (secondary N) is 1. The largest absolute Gasteiger partial charge is 0.419 e. The van der Waals surface area contributed by atoms with E-state index in [2.05, 4.69) is 26.2 Å². The summed E-state index contributed by atoms with van der Waals surface area (Å²) in [6.45, 7) is 4.17. The van der Waals surface area contributed by atoms with E-state index in [0.29, 0.717) is 0 Å². The summed E-state index contributed by atoms with van der Waals surface area (Å²) >= 11 is 2.99. The first-order chi connectivity index (χ1) is 9.68. The van der Waals surface area contributed by atoms with Crippen LogP contribution in [0, 0.1) is 5.92 Å². The molecule has 0 bridgehead atoms. The molecule has 116 valence electrons. The first-order valence-electron chi connectivity index (χ1n) is 6.46. The lowest BCUT2D eigenvalue weighted by molar-refractivity contribution is -0.137. The minimum Gasteiger partial charge on any atom is -0.354 e. The van der Waals surface area contributed by atoms with E-state index in [-0.39, 0.29) is 41.2 Å². The third kappa shape index (κ3) is 3.66. The summed E-state index contributed by atoms with van der Waals surface area (Å²) in [6.07, 6.45) is -3.15. The molecule has 4 nitrogen and oxygen atoms in total. The maximum absolute atomic E-state index is 13.0. The predicted molar refractivity (Wildman–Crippen MR) is 75.9 cm³/mol. The molecule has 1 fully saturated rings. The Morgan fingerprint density at radius 2 is 2.10 bits per heavy atom. The van der Waals surface area contributed by atoms with Crippen molar-refractivity contribution in [3.05, 3.63) is 22.3 Å². The Morgan fingerprint density at radius 3 is 2.62 bits per heavy atom. The maximum atomic E-state index is 13.0. The minimum atomic E-state index is -4.47. The number of alkyl halides is 3. The van der Waals surface area contributed by atoms with Crippen molar-refractivity contribution in [3.8, 4) is 0 Å². The molecule has 0 radical (unpaired) electrons. The number of hydrogen-bond acceptors (Lipinski definition) is 3. The summed E-state index contributed by atoms with van der Waals surface area (Å²) in [5, 5.41) is 2.75. The lowest BCUT2D eigenvalue weighted by Gasteiger charge is -2.40. The molecule has 1 aromatic rings. The lowest BCUT2D eigenvalue weighted by atomic mass is 9.98. The van der Waals surface area contributed by atoms with Crippen molar-refractivity contribution in [2.45, 2.75) is 26.1 Å². The van der Waals surface area contributed by atoms with Gasteiger partial charge in [0.25, 0.3) is 0 Å². The molecule has 0 unspecified atom stereocenters. The fraction of sp³-hybridized carbons (Fsp3) is 0.538. The van der Waals surface area contributed by atoms with Gasteiger partial charge >= 0.3 is 6.18 Å². The van der Waals surface area contributed by atoms with Crippen molar-refractivity contribution in [2.24, 2.45) is 5.92 Å². The molecule has 2 heterocycles. The zero-order chi connectivity index (χ0) is 15.8. The average Bonchev–Trinajstić information content (AvgIpc) is 2.26. The van der Waals surface area contributed by atoms with Gasteiger partial charge in [-0.25, -0.2) is 4.98 Å². The molecule has 0 spiro atoms. The number of amides is 1. The van der Waals surface area contributed by atoms with Crippen molar-refractivity contribution in [3.63, 3.8) is 0 Å². The van der Waals surface area contributed by atoms with Crippen molar-refractivity contribution in [1.82, 2.24) is 10.3 Å². The minimum absolute atomic E-state index is 0.0168. The number of anilines is 1. The number of nitrogens with zero attached hydrogens (tertiary/aromatic N) is 2. The van der Waals surface area contributed by atoms with Gasteiger partial charge in [0.2, 0.25) is 5.91 Å². The Hall–Kier alpha value is -1.31. The van der Waals surface area contributed by atoms with Crippen LogP contribution >= 0.6 is 15.9 Å². The number of carbonyl (C=O) groups excluding carboxylic acids is 1. The van der Waals surface area contributed by atoms with Crippen LogP contribution in [0.15, 0.2) is 16.7 Å². The molecule has 21 heavy (non-hydrogen) atoms. The highest BCUT2D eigenvalue weighted by Crippen LogP contribution is 2.38. The van der Waals surface area contributed by atoms with Crippen molar-refractivity contribution in [2.75, 3.05) is 18.0 Å². The molecule has 1 aliphatic rings. The molecule has 1 N–H and O–H groups in total. The fourth-order valence-electron chi connectivity index (χ4n) is 2.11. The summed E-state index contributed by atoms with van der Waals surface area (Å²) in [4.78, 5) is 17.1. The van der Waals surface area contributed by atoms with Crippen LogP contribution in [0.5, 0.6) is 0 Å². The van der Waals surface area contributed by atoms with Crippen LogP contribution in [-0.4, -0.2) is 30.0 Å². The number of pyridine rings is 1. The van der Waals surface area contributed by atoms with Crippen molar-refractivity contribution < 1.29 is 18.0 Å². The molecule has 1 amide bonds. The highest BCUT2D eigenvalue weighted by Gasteiger charge is 2.41. The van der Waals surface area contributed by atoms with Crippen LogP contribution in [0.1, 0.15) is 19.4 Å². The number of hydrogen-bond donors (Lipinski definition) is 1. The predicted octanol–water partition coefficient (Wildman–Crippen LogP) is 2.82. The highest BCUT2D eigenvalue weighted by molar-refractivity contribution is 9.10. The van der Waals surface area contributed by atoms with E-state index >= 15 is 0 Å². The van der Waals surface area contributed by atoms with Crippen LogP contribution in [0.2, 0.25) is 0 Å². The summed E-state index contributed by atoms with van der Waals surface area (Å²) in [5.41, 5.74) is -0.792. The third-order valence-corrected chi connectivity index (χ3v) is 3.56. The quantitative estimate of drug-likeness (QED) is 0.895. The second kappa shape index (κ2) is 5.82. The Bertz CT molecular complexity index is 542. The van der Waals surface area contributed by atoms with E-state index in [9.17, 15) is 18.0 Å². The van der Waals surface area contributed by atoms with E-state index in [1.165, 1.54) is 11.1 Å². The summed E-state index contributed by atoms with van der Waals surface area (Å²) in [6, 6.07) is 1.02. The SMILES string of the molecule is CC(C)NC(=O)C1CN(c2ncc(Br)cc2C(F)(F)F)C1. The highest BCUT2D eigenvalue weighted by atomic mass is 79.9. The number of halogens is 4. The van der Waals surface area contributed by atoms with Gasteiger partial charge in [0.15, 0.2) is 0 Å². The Labute approximate surface area is 128 Å². The summed E-state index contributed by atoms with van der Waals surface area (Å²) < 4.78 is 39.3. The van der Waals surface area contributed by atoms with E-state index in [4.69, 9.17) is 0 Å². The maximum Gasteiger partial charge on any atom is 0.419 e. The Balaban J connectivity index is 2.11. The molecule has 2 rings (SSSR count). The zero-order valence-electron chi connectivity index (χ0n) is 11.5. The zero-order valence-corrected chi connectivity index (χ0v) is 13.1. The summed E-state index contributed by atoms with van der Waals surface area (Å²) in [5.74, 6) is -0.551. The lowest BCUT2D eigenvalue weighted by Crippen LogP contribution is -2.55. The van der Waals surface area contributed by atoms with Gasteiger partial charge in [-0.2, -0.15) is 13.2 Å². The first-order valence-corrected chi connectivity index (χ1v) is 7.26. The van der Waals surface area contributed by atoms with Crippen LogP contribution in [-0.2, 0) is 11.0 Å². The second-order valence-corrected chi connectivity index (χ2v) is 6.20. The van der Waals surface area contributed by atoms with E-state index in [0.717, 1.165) is 6.07 Å². The molecule has 1 aliphatic heterocycles. The first kappa shape index (κ1) is 16.1. The molecule has 1 aromatic heterocycles. The van der Waals surface area contributed by atoms with Gasteiger partial charge in [0, 0.05) is 29.8 Å². The van der Waals surface area contributed by atoms with Crippen LogP contribution < -0.4 is 10.2 Å². The van der Waals surface area contributed by atoms with Gasteiger partial charge < -0.3 is 10.2 Å². The topological polar surface area (TPSA) is 45.2 Å². The van der Waals surface area contributed by atoms with Gasteiger partial charge in [-0.05, 0) is 35.8 Å². The molecule has 0 saturated carbocycles. The van der Waals surface area contributed by atoms with Crippen LogP contribution in [0.25, 0.3) is 0 Å². The second-order valence-electron chi connectivity index (χ2n) is 5.29. The van der Waals surface area contributed by atoms with Gasteiger partial charge in [-0.3, -0.25) is 4.79 Å². The third-order valence-electron chi connectivity index (χ3n) is 3.12. The molecule has 0 aliphatic carbocycles. The summed E-state index contributed by atoms with van der Waals surface area (Å²) in [7, 11) is 0. The smallest absolute Gasteiger partial charge is 0.354 e. The van der Waals surface area contributed by atoms with Crippen LogP contribution in [0.3, 0.4) is 0 Å². The molecule has 0 aromatic carbocycles. The van der Waals surface area contributed by atoms with Crippen LogP contribution in [0.4, 0.5) is 19.0 Å². The van der Waals surface area contributed by atoms with Gasteiger partial charge in [0.05, 0.1) is 11.5 Å².